The molecule has 0 aliphatic rings. The van der Waals surface area contributed by atoms with E-state index in [1.807, 2.05) is 18.3 Å². The summed E-state index contributed by atoms with van der Waals surface area (Å²) in [4.78, 5) is 17.8. The van der Waals surface area contributed by atoms with Crippen molar-refractivity contribution in [3.05, 3.63) is 30.1 Å². The van der Waals surface area contributed by atoms with E-state index in [0.717, 1.165) is 23.1 Å². The van der Waals surface area contributed by atoms with Gasteiger partial charge in [0, 0.05) is 30.9 Å². The summed E-state index contributed by atoms with van der Waals surface area (Å²) in [5, 5.41) is 4.34. The molecule has 2 heterocycles. The van der Waals surface area contributed by atoms with Crippen LogP contribution in [0.3, 0.4) is 0 Å². The number of nitrogens with two attached hydrogens (primary N) is 1. The van der Waals surface area contributed by atoms with Crippen molar-refractivity contribution in [3.8, 4) is 0 Å². The van der Waals surface area contributed by atoms with Gasteiger partial charge in [0.05, 0.1) is 6.61 Å². The van der Waals surface area contributed by atoms with Crippen molar-refractivity contribution < 1.29 is 9.53 Å². The minimum atomic E-state index is -0.447. The molecule has 2 aromatic heterocycles. The van der Waals surface area contributed by atoms with Crippen molar-refractivity contribution in [2.24, 2.45) is 5.73 Å². The smallest absolute Gasteiger partial charge is 0.243 e. The lowest BCUT2D eigenvalue weighted by Crippen LogP contribution is -2.23. The average molecular weight is 248 g/mol. The number of rotatable bonds is 7. The molecule has 1 amide bonds. The molecule has 0 aromatic carbocycles. The number of H-pyrrole nitrogens is 1. The summed E-state index contributed by atoms with van der Waals surface area (Å²) in [5.74, 6) is -0.447. The average Bonchev–Trinajstić information content (AvgIpc) is 2.77. The van der Waals surface area contributed by atoms with E-state index in [4.69, 9.17) is 10.5 Å². The Kier molecular flexibility index (Phi) is 4.27. The topological polar surface area (TPSA) is 93.0 Å². The Labute approximate surface area is 105 Å². The number of ether oxygens (including phenoxy) is 1. The summed E-state index contributed by atoms with van der Waals surface area (Å²) in [6, 6.07) is 3.94. The molecular weight excluding hydrogens is 232 g/mol. The first kappa shape index (κ1) is 12.5. The SMILES string of the molecule is NC(=O)COCCNCc1c[nH]c2ncccc12. The van der Waals surface area contributed by atoms with Crippen molar-refractivity contribution in [3.63, 3.8) is 0 Å². The van der Waals surface area contributed by atoms with Gasteiger partial charge in [0.25, 0.3) is 0 Å². The number of fused-ring (bicyclic) bond motifs is 1. The highest BCUT2D eigenvalue weighted by atomic mass is 16.5. The fourth-order valence-electron chi connectivity index (χ4n) is 1.70. The van der Waals surface area contributed by atoms with Gasteiger partial charge in [-0.1, -0.05) is 0 Å². The third-order valence-corrected chi connectivity index (χ3v) is 2.52. The molecule has 0 radical (unpaired) electrons. The predicted octanol–water partition coefficient (Wildman–Crippen LogP) is 0.154. The zero-order chi connectivity index (χ0) is 12.8. The van der Waals surface area contributed by atoms with Crippen molar-refractivity contribution >= 4 is 16.9 Å². The fraction of sp³-hybridized carbons (Fsp3) is 0.333. The van der Waals surface area contributed by atoms with Gasteiger partial charge >= 0.3 is 0 Å². The maximum absolute atomic E-state index is 10.4. The molecule has 6 heteroatoms. The second-order valence-electron chi connectivity index (χ2n) is 3.91. The number of nitrogens with one attached hydrogen (secondary N) is 2. The van der Waals surface area contributed by atoms with Crippen LogP contribution in [0.1, 0.15) is 5.56 Å². The highest BCUT2D eigenvalue weighted by Gasteiger charge is 2.02. The largest absolute Gasteiger partial charge is 0.370 e. The molecule has 18 heavy (non-hydrogen) atoms. The molecule has 2 rings (SSSR count). The highest BCUT2D eigenvalue weighted by molar-refractivity contribution is 5.79. The molecule has 0 bridgehead atoms. The number of primary amides is 1. The zero-order valence-electron chi connectivity index (χ0n) is 9.98. The Bertz CT molecular complexity index is 524. The third-order valence-electron chi connectivity index (χ3n) is 2.52. The lowest BCUT2D eigenvalue weighted by atomic mass is 10.2. The minimum absolute atomic E-state index is 0.0291. The molecule has 6 nitrogen and oxygen atoms in total. The molecule has 0 aliphatic carbocycles. The van der Waals surface area contributed by atoms with Crippen LogP contribution >= 0.6 is 0 Å². The van der Waals surface area contributed by atoms with Crippen LogP contribution in [0.4, 0.5) is 0 Å². The van der Waals surface area contributed by atoms with Gasteiger partial charge in [-0.3, -0.25) is 4.79 Å². The van der Waals surface area contributed by atoms with Crippen LogP contribution in [0.15, 0.2) is 24.5 Å². The van der Waals surface area contributed by atoms with E-state index in [2.05, 4.69) is 15.3 Å². The monoisotopic (exact) mass is 248 g/mol. The maximum atomic E-state index is 10.4. The summed E-state index contributed by atoms with van der Waals surface area (Å²) in [6.45, 7) is 1.83. The predicted molar refractivity (Wildman–Crippen MR) is 67.8 cm³/mol. The van der Waals surface area contributed by atoms with Crippen LogP contribution in [0.5, 0.6) is 0 Å². The van der Waals surface area contributed by atoms with Crippen LogP contribution in [0, 0.1) is 0 Å². The number of hydrogen-bond donors (Lipinski definition) is 3. The quantitative estimate of drug-likeness (QED) is 0.608. The second-order valence-corrected chi connectivity index (χ2v) is 3.91. The molecule has 4 N–H and O–H groups in total. The van der Waals surface area contributed by atoms with Crippen LogP contribution in [0.25, 0.3) is 11.0 Å². The molecular formula is C12H16N4O2. The van der Waals surface area contributed by atoms with E-state index in [9.17, 15) is 4.79 Å². The first-order valence-corrected chi connectivity index (χ1v) is 5.75. The molecule has 0 saturated heterocycles. The van der Waals surface area contributed by atoms with Gasteiger partial charge in [-0.2, -0.15) is 0 Å². The maximum Gasteiger partial charge on any atom is 0.243 e. The summed E-state index contributed by atoms with van der Waals surface area (Å²) in [6.07, 6.45) is 3.70. The molecule has 0 spiro atoms. The van der Waals surface area contributed by atoms with E-state index in [1.54, 1.807) is 6.20 Å². The van der Waals surface area contributed by atoms with Gasteiger partial charge in [-0.25, -0.2) is 4.98 Å². The highest BCUT2D eigenvalue weighted by Crippen LogP contribution is 2.14. The minimum Gasteiger partial charge on any atom is -0.370 e. The number of carbonyl (C=O) groups is 1. The zero-order valence-corrected chi connectivity index (χ0v) is 9.98. The van der Waals surface area contributed by atoms with E-state index in [0.29, 0.717) is 13.2 Å². The van der Waals surface area contributed by atoms with Crippen LogP contribution in [0.2, 0.25) is 0 Å². The molecule has 96 valence electrons. The standard InChI is InChI=1S/C12H16N4O2/c13-11(17)8-18-5-4-14-6-9-7-16-12-10(9)2-1-3-15-12/h1-3,7,14H,4-6,8H2,(H2,13,17)(H,15,16). The molecule has 0 saturated carbocycles. The van der Waals surface area contributed by atoms with Crippen LogP contribution in [-0.2, 0) is 16.1 Å². The number of carbonyl (C=O) groups excluding carboxylic acids is 1. The Morgan fingerprint density at radius 3 is 3.28 bits per heavy atom. The van der Waals surface area contributed by atoms with E-state index >= 15 is 0 Å². The van der Waals surface area contributed by atoms with Gasteiger partial charge in [0.1, 0.15) is 12.3 Å². The normalized spacial score (nSPS) is 10.9. The molecule has 0 aliphatic heterocycles. The molecule has 2 aromatic rings. The van der Waals surface area contributed by atoms with Crippen molar-refractivity contribution in [1.82, 2.24) is 15.3 Å². The molecule has 0 unspecified atom stereocenters. The Hall–Kier alpha value is -1.92. The van der Waals surface area contributed by atoms with Gasteiger partial charge in [-0.05, 0) is 17.7 Å². The van der Waals surface area contributed by atoms with E-state index < -0.39 is 5.91 Å². The second kappa shape index (κ2) is 6.13. The van der Waals surface area contributed by atoms with Gasteiger partial charge in [0.15, 0.2) is 0 Å². The molecule has 0 fully saturated rings. The lowest BCUT2D eigenvalue weighted by molar-refractivity contribution is -0.122. The summed E-state index contributed by atoms with van der Waals surface area (Å²) in [7, 11) is 0. The summed E-state index contributed by atoms with van der Waals surface area (Å²) in [5.41, 5.74) is 7.00. The third kappa shape index (κ3) is 3.28. The van der Waals surface area contributed by atoms with Crippen molar-refractivity contribution in [2.45, 2.75) is 6.54 Å². The van der Waals surface area contributed by atoms with Gasteiger partial charge in [0.2, 0.25) is 5.91 Å². The number of nitrogens with zero attached hydrogens (tertiary/aromatic N) is 1. The summed E-state index contributed by atoms with van der Waals surface area (Å²) >= 11 is 0. The van der Waals surface area contributed by atoms with Gasteiger partial charge in [-0.15, -0.1) is 0 Å². The Morgan fingerprint density at radius 1 is 1.56 bits per heavy atom. The molecule has 0 atom stereocenters. The number of hydrogen-bond acceptors (Lipinski definition) is 4. The Balaban J connectivity index is 1.75. The van der Waals surface area contributed by atoms with Gasteiger partial charge < -0.3 is 20.8 Å². The summed E-state index contributed by atoms with van der Waals surface area (Å²) < 4.78 is 5.04. The van der Waals surface area contributed by atoms with E-state index in [1.165, 1.54) is 0 Å². The Morgan fingerprint density at radius 2 is 2.44 bits per heavy atom. The van der Waals surface area contributed by atoms with Crippen LogP contribution < -0.4 is 11.1 Å². The van der Waals surface area contributed by atoms with Crippen molar-refractivity contribution in [2.75, 3.05) is 19.8 Å². The van der Waals surface area contributed by atoms with Crippen LogP contribution in [-0.4, -0.2) is 35.6 Å². The van der Waals surface area contributed by atoms with E-state index in [-0.39, 0.29) is 6.61 Å². The number of pyridine rings is 1. The van der Waals surface area contributed by atoms with Crippen molar-refractivity contribution in [1.29, 1.82) is 0 Å². The first-order chi connectivity index (χ1) is 8.77. The fourth-order valence-corrected chi connectivity index (χ4v) is 1.70. The number of amides is 1. The number of aromatic amines is 1. The first-order valence-electron chi connectivity index (χ1n) is 5.75. The lowest BCUT2D eigenvalue weighted by Gasteiger charge is -2.04. The number of aromatic nitrogens is 2.